The minimum atomic E-state index is -0.361. The molecule has 0 spiro atoms. The van der Waals surface area contributed by atoms with Gasteiger partial charge in [-0.15, -0.1) is 0 Å². The molecule has 0 aromatic carbocycles. The third-order valence-corrected chi connectivity index (χ3v) is 4.16. The molecule has 1 aromatic rings. The van der Waals surface area contributed by atoms with E-state index in [9.17, 15) is 4.39 Å². The van der Waals surface area contributed by atoms with Gasteiger partial charge in [0.15, 0.2) is 0 Å². The van der Waals surface area contributed by atoms with Gasteiger partial charge in [-0.3, -0.25) is 0 Å². The summed E-state index contributed by atoms with van der Waals surface area (Å²) in [7, 11) is 0. The molecule has 2 fully saturated rings. The first-order chi connectivity index (χ1) is 7.33. The second-order valence-electron chi connectivity index (χ2n) is 5.05. The van der Waals surface area contributed by atoms with E-state index in [1.807, 2.05) is 6.07 Å². The molecule has 0 N–H and O–H groups in total. The third-order valence-electron chi connectivity index (χ3n) is 4.16. The van der Waals surface area contributed by atoms with Crippen molar-refractivity contribution < 1.29 is 4.39 Å². The van der Waals surface area contributed by atoms with Crippen molar-refractivity contribution in [3.8, 4) is 0 Å². The molecule has 80 valence electrons. The standard InChI is InChI=1S/C13H16FN/c14-13-5-4-11(8-15-13)12-7-9-2-1-3-10(12)6-9/h4-5,8-10,12H,1-3,6-7H2/i14-1. The van der Waals surface area contributed by atoms with Crippen LogP contribution >= 0.6 is 0 Å². The van der Waals surface area contributed by atoms with E-state index in [0.717, 1.165) is 11.8 Å². The number of pyridine rings is 1. The predicted molar refractivity (Wildman–Crippen MR) is 57.0 cm³/mol. The first kappa shape index (κ1) is 9.32. The minimum Gasteiger partial charge on any atom is -0.228 e. The topological polar surface area (TPSA) is 12.9 Å². The minimum absolute atomic E-state index is 0.361. The summed E-state index contributed by atoms with van der Waals surface area (Å²) in [5.74, 6) is 2.07. The molecule has 2 saturated carbocycles. The van der Waals surface area contributed by atoms with E-state index < -0.39 is 0 Å². The van der Waals surface area contributed by atoms with E-state index in [2.05, 4.69) is 4.98 Å². The number of hydrogen-bond acceptors (Lipinski definition) is 1. The monoisotopic (exact) mass is 204 g/mol. The third kappa shape index (κ3) is 1.66. The van der Waals surface area contributed by atoms with Gasteiger partial charge in [0.25, 0.3) is 0 Å². The Balaban J connectivity index is 1.85. The van der Waals surface area contributed by atoms with E-state index in [1.54, 1.807) is 6.20 Å². The summed E-state index contributed by atoms with van der Waals surface area (Å²) in [6, 6.07) is 3.42. The molecule has 2 heteroatoms. The Morgan fingerprint density at radius 1 is 1.20 bits per heavy atom. The quantitative estimate of drug-likeness (QED) is 0.638. The van der Waals surface area contributed by atoms with Gasteiger partial charge in [0.2, 0.25) is 5.95 Å². The molecule has 3 rings (SSSR count). The molecule has 0 amide bonds. The molecular formula is C13H16FN. The molecule has 1 heterocycles. The Hall–Kier alpha value is -0.920. The summed E-state index contributed by atoms with van der Waals surface area (Å²) >= 11 is 0. The first-order valence-corrected chi connectivity index (χ1v) is 5.94. The van der Waals surface area contributed by atoms with Gasteiger partial charge >= 0.3 is 0 Å². The molecule has 3 atom stereocenters. The highest BCUT2D eigenvalue weighted by atomic mass is 18.2. The van der Waals surface area contributed by atoms with Crippen molar-refractivity contribution in [2.24, 2.45) is 11.8 Å². The molecule has 1 aromatic heterocycles. The highest BCUT2D eigenvalue weighted by Gasteiger charge is 2.37. The Morgan fingerprint density at radius 3 is 2.87 bits per heavy atom. The number of fused-ring (bicyclic) bond motifs is 2. The highest BCUT2D eigenvalue weighted by Crippen LogP contribution is 2.50. The SMILES string of the molecule is [18F]c1ccc(C2CC3CCCC2C3)cn1. The van der Waals surface area contributed by atoms with Crippen molar-refractivity contribution in [2.75, 3.05) is 0 Å². The van der Waals surface area contributed by atoms with E-state index in [0.29, 0.717) is 5.92 Å². The first-order valence-electron chi connectivity index (χ1n) is 5.94. The summed E-state index contributed by atoms with van der Waals surface area (Å²) in [6.45, 7) is 0. The fourth-order valence-electron chi connectivity index (χ4n) is 3.48. The van der Waals surface area contributed by atoms with Crippen LogP contribution in [0.5, 0.6) is 0 Å². The maximum absolute atomic E-state index is 12.7. The van der Waals surface area contributed by atoms with Gasteiger partial charge in [-0.1, -0.05) is 18.9 Å². The van der Waals surface area contributed by atoms with Gasteiger partial charge in [-0.25, -0.2) is 4.98 Å². The van der Waals surface area contributed by atoms with E-state index in [1.165, 1.54) is 43.7 Å². The zero-order chi connectivity index (χ0) is 10.3. The van der Waals surface area contributed by atoms with Gasteiger partial charge in [0.05, 0.1) is 0 Å². The van der Waals surface area contributed by atoms with E-state index in [4.69, 9.17) is 0 Å². The lowest BCUT2D eigenvalue weighted by Gasteiger charge is -2.20. The molecule has 0 aliphatic heterocycles. The van der Waals surface area contributed by atoms with Gasteiger partial charge in [-0.2, -0.15) is 4.39 Å². The van der Waals surface area contributed by atoms with Crippen molar-refractivity contribution in [3.05, 3.63) is 29.8 Å². The molecule has 2 bridgehead atoms. The van der Waals surface area contributed by atoms with Crippen LogP contribution in [-0.4, -0.2) is 4.98 Å². The Kier molecular flexibility index (Phi) is 2.23. The molecule has 0 radical (unpaired) electrons. The fourth-order valence-corrected chi connectivity index (χ4v) is 3.48. The van der Waals surface area contributed by atoms with Crippen LogP contribution in [-0.2, 0) is 0 Å². The number of rotatable bonds is 1. The smallest absolute Gasteiger partial charge is 0.212 e. The zero-order valence-corrected chi connectivity index (χ0v) is 8.82. The van der Waals surface area contributed by atoms with Crippen molar-refractivity contribution in [3.63, 3.8) is 0 Å². The molecule has 1 nitrogen and oxygen atoms in total. The Morgan fingerprint density at radius 2 is 2.13 bits per heavy atom. The van der Waals surface area contributed by atoms with Crippen molar-refractivity contribution >= 4 is 0 Å². The largest absolute Gasteiger partial charge is 0.228 e. The van der Waals surface area contributed by atoms with Crippen LogP contribution in [0.1, 0.15) is 43.6 Å². The summed E-state index contributed by atoms with van der Waals surface area (Å²) in [6.07, 6.45) is 8.58. The average molecular weight is 204 g/mol. The summed E-state index contributed by atoms with van der Waals surface area (Å²) in [5, 5.41) is 0. The van der Waals surface area contributed by atoms with Crippen LogP contribution in [0.15, 0.2) is 18.3 Å². The van der Waals surface area contributed by atoms with Crippen LogP contribution in [0, 0.1) is 17.8 Å². The number of halogens is 1. The zero-order valence-electron chi connectivity index (χ0n) is 8.82. The van der Waals surface area contributed by atoms with Crippen molar-refractivity contribution in [1.82, 2.24) is 4.98 Å². The van der Waals surface area contributed by atoms with Gasteiger partial charge in [0, 0.05) is 6.20 Å². The van der Waals surface area contributed by atoms with E-state index in [-0.39, 0.29) is 5.95 Å². The lowest BCUT2D eigenvalue weighted by Crippen LogP contribution is -2.08. The summed E-state index contributed by atoms with van der Waals surface area (Å²) in [5.41, 5.74) is 1.26. The van der Waals surface area contributed by atoms with Gasteiger partial charge in [0.1, 0.15) is 0 Å². The molecule has 3 unspecified atom stereocenters. The molecule has 15 heavy (non-hydrogen) atoms. The lowest BCUT2D eigenvalue weighted by molar-refractivity contribution is 0.350. The lowest BCUT2D eigenvalue weighted by atomic mass is 9.85. The molecular weight excluding hydrogens is 188 g/mol. The summed E-state index contributed by atoms with van der Waals surface area (Å²) < 4.78 is 12.7. The Bertz CT molecular complexity index is 346. The molecule has 0 saturated heterocycles. The van der Waals surface area contributed by atoms with Crippen molar-refractivity contribution in [1.29, 1.82) is 0 Å². The number of nitrogens with zero attached hydrogens (tertiary/aromatic N) is 1. The van der Waals surface area contributed by atoms with Crippen LogP contribution in [0.25, 0.3) is 0 Å². The van der Waals surface area contributed by atoms with Crippen LogP contribution in [0.3, 0.4) is 0 Å². The summed E-state index contributed by atoms with van der Waals surface area (Å²) in [4.78, 5) is 3.77. The van der Waals surface area contributed by atoms with Gasteiger partial charge in [-0.05, 0) is 48.6 Å². The highest BCUT2D eigenvalue weighted by molar-refractivity contribution is 5.18. The second kappa shape index (κ2) is 3.58. The van der Waals surface area contributed by atoms with Crippen LogP contribution < -0.4 is 0 Å². The second-order valence-corrected chi connectivity index (χ2v) is 5.05. The van der Waals surface area contributed by atoms with Crippen LogP contribution in [0.2, 0.25) is 0 Å². The Labute approximate surface area is 89.7 Å². The molecule has 2 aliphatic rings. The predicted octanol–water partition coefficient (Wildman–Crippen LogP) is 3.51. The maximum atomic E-state index is 12.7. The average Bonchev–Trinajstić information content (AvgIpc) is 2.55. The molecule has 2 aliphatic carbocycles. The van der Waals surface area contributed by atoms with Gasteiger partial charge < -0.3 is 0 Å². The van der Waals surface area contributed by atoms with Crippen LogP contribution in [0.4, 0.5) is 4.39 Å². The maximum Gasteiger partial charge on any atom is 0.212 e. The van der Waals surface area contributed by atoms with E-state index >= 15 is 0 Å². The fraction of sp³-hybridized carbons (Fsp3) is 0.615. The normalized spacial score (nSPS) is 34.3. The van der Waals surface area contributed by atoms with Crippen molar-refractivity contribution in [2.45, 2.75) is 38.0 Å². The number of aromatic nitrogens is 1. The number of hydrogen-bond donors (Lipinski definition) is 0.